The van der Waals surface area contributed by atoms with E-state index in [1.54, 1.807) is 0 Å². The lowest BCUT2D eigenvalue weighted by Crippen LogP contribution is -2.35. The van der Waals surface area contributed by atoms with Crippen molar-refractivity contribution in [1.82, 2.24) is 4.90 Å². The van der Waals surface area contributed by atoms with Crippen LogP contribution in [-0.2, 0) is 17.8 Å². The molecule has 0 radical (unpaired) electrons. The van der Waals surface area contributed by atoms with Crippen molar-refractivity contribution in [2.75, 3.05) is 7.05 Å². The van der Waals surface area contributed by atoms with E-state index in [2.05, 4.69) is 60.3 Å². The number of aromatic nitrogens is 1. The van der Waals surface area contributed by atoms with Gasteiger partial charge in [0.1, 0.15) is 0 Å². The summed E-state index contributed by atoms with van der Waals surface area (Å²) < 4.78 is 2.23. The number of carbonyl (C=O) groups excluding carboxylic acids is 1. The number of amides is 1. The van der Waals surface area contributed by atoms with Crippen molar-refractivity contribution >= 4 is 5.91 Å². The zero-order valence-corrected chi connectivity index (χ0v) is 13.3. The lowest BCUT2D eigenvalue weighted by Gasteiger charge is -2.18. The third-order valence-electron chi connectivity index (χ3n) is 4.54. The average molecular weight is 295 g/mol. The zero-order valence-electron chi connectivity index (χ0n) is 13.3. The van der Waals surface area contributed by atoms with E-state index >= 15 is 0 Å². The summed E-state index contributed by atoms with van der Waals surface area (Å²) in [5.74, 6) is 0.250. The molecule has 1 aromatic carbocycles. The van der Waals surface area contributed by atoms with Gasteiger partial charge in [0, 0.05) is 31.5 Å². The Kier molecular flexibility index (Phi) is 4.23. The maximum absolute atomic E-state index is 11.7. The molecule has 0 unspecified atom stereocenters. The molecule has 1 aliphatic rings. The van der Waals surface area contributed by atoms with Gasteiger partial charge in [0.15, 0.2) is 18.9 Å². The smallest absolute Gasteiger partial charge is 0.222 e. The van der Waals surface area contributed by atoms with Crippen molar-refractivity contribution in [3.05, 3.63) is 65.5 Å². The van der Waals surface area contributed by atoms with Crippen molar-refractivity contribution < 1.29 is 9.36 Å². The Bertz CT molecular complexity index is 663. The molecule has 1 fully saturated rings. The predicted octanol–water partition coefficient (Wildman–Crippen LogP) is 2.82. The first-order valence-electron chi connectivity index (χ1n) is 7.94. The number of pyridine rings is 1. The van der Waals surface area contributed by atoms with Crippen molar-refractivity contribution in [2.24, 2.45) is 0 Å². The molecular weight excluding hydrogens is 272 g/mol. The Morgan fingerprint density at radius 3 is 2.68 bits per heavy atom. The zero-order chi connectivity index (χ0) is 15.5. The maximum Gasteiger partial charge on any atom is 0.222 e. The molecule has 1 amide bonds. The molecule has 1 atom stereocenters. The van der Waals surface area contributed by atoms with Crippen LogP contribution >= 0.6 is 0 Å². The number of carbonyl (C=O) groups is 1. The second-order valence-corrected chi connectivity index (χ2v) is 6.17. The molecule has 0 N–H and O–H groups in total. The fourth-order valence-electron chi connectivity index (χ4n) is 3.09. The van der Waals surface area contributed by atoms with Crippen LogP contribution in [0.4, 0.5) is 0 Å². The Morgan fingerprint density at radius 1 is 1.23 bits per heavy atom. The number of hydrogen-bond acceptors (Lipinski definition) is 1. The van der Waals surface area contributed by atoms with Gasteiger partial charge in [0.2, 0.25) is 5.91 Å². The van der Waals surface area contributed by atoms with E-state index in [0.717, 1.165) is 19.4 Å². The summed E-state index contributed by atoms with van der Waals surface area (Å²) in [4.78, 5) is 13.6. The molecule has 1 saturated heterocycles. The highest BCUT2D eigenvalue weighted by Gasteiger charge is 2.30. The lowest BCUT2D eigenvalue weighted by atomic mass is 10.1. The minimum absolute atomic E-state index is 0.235. The molecule has 1 aliphatic heterocycles. The van der Waals surface area contributed by atoms with Gasteiger partial charge < -0.3 is 4.90 Å². The van der Waals surface area contributed by atoms with Gasteiger partial charge in [0.05, 0.1) is 6.04 Å². The van der Waals surface area contributed by atoms with Gasteiger partial charge in [-0.05, 0) is 25.0 Å². The van der Waals surface area contributed by atoms with Crippen molar-refractivity contribution in [3.8, 4) is 0 Å². The second-order valence-electron chi connectivity index (χ2n) is 6.17. The maximum atomic E-state index is 11.7. The van der Waals surface area contributed by atoms with Gasteiger partial charge in [-0.2, -0.15) is 0 Å². The Labute approximate surface area is 132 Å². The molecule has 3 nitrogen and oxygen atoms in total. The average Bonchev–Trinajstić information content (AvgIpc) is 2.87. The highest BCUT2D eigenvalue weighted by Crippen LogP contribution is 2.30. The van der Waals surface area contributed by atoms with E-state index in [0.29, 0.717) is 6.42 Å². The third kappa shape index (κ3) is 3.19. The number of benzene rings is 1. The van der Waals surface area contributed by atoms with E-state index in [-0.39, 0.29) is 11.9 Å². The van der Waals surface area contributed by atoms with Crippen LogP contribution in [0.5, 0.6) is 0 Å². The van der Waals surface area contributed by atoms with Crippen LogP contribution in [0.1, 0.15) is 35.6 Å². The fraction of sp³-hybridized carbons (Fsp3) is 0.368. The van der Waals surface area contributed by atoms with E-state index < -0.39 is 0 Å². The summed E-state index contributed by atoms with van der Waals surface area (Å²) >= 11 is 0. The van der Waals surface area contributed by atoms with Crippen molar-refractivity contribution in [3.63, 3.8) is 0 Å². The largest absolute Gasteiger partial charge is 0.338 e. The van der Waals surface area contributed by atoms with E-state index in [1.165, 1.54) is 16.7 Å². The van der Waals surface area contributed by atoms with Crippen LogP contribution < -0.4 is 4.57 Å². The monoisotopic (exact) mass is 295 g/mol. The summed E-state index contributed by atoms with van der Waals surface area (Å²) in [6.45, 7) is 3.07. The first-order chi connectivity index (χ1) is 10.6. The minimum Gasteiger partial charge on any atom is -0.338 e. The van der Waals surface area contributed by atoms with E-state index in [9.17, 15) is 4.79 Å². The Balaban J connectivity index is 1.69. The summed E-state index contributed by atoms with van der Waals surface area (Å²) in [7, 11) is 1.91. The first kappa shape index (κ1) is 14.8. The van der Waals surface area contributed by atoms with Crippen LogP contribution in [-0.4, -0.2) is 17.9 Å². The van der Waals surface area contributed by atoms with Crippen LogP contribution in [0.3, 0.4) is 0 Å². The molecule has 0 saturated carbocycles. The van der Waals surface area contributed by atoms with Crippen LogP contribution in [0, 0.1) is 6.92 Å². The van der Waals surface area contributed by atoms with E-state index in [1.807, 2.05) is 11.9 Å². The number of hydrogen-bond donors (Lipinski definition) is 0. The molecule has 3 rings (SSSR count). The molecule has 114 valence electrons. The highest BCUT2D eigenvalue weighted by atomic mass is 16.2. The molecule has 22 heavy (non-hydrogen) atoms. The summed E-state index contributed by atoms with van der Waals surface area (Å²) in [6, 6.07) is 13.2. The normalized spacial score (nSPS) is 18.0. The van der Waals surface area contributed by atoms with Gasteiger partial charge in [-0.25, -0.2) is 4.57 Å². The number of aryl methyl sites for hydroxylation is 3. The van der Waals surface area contributed by atoms with Crippen LogP contribution in [0.15, 0.2) is 48.8 Å². The molecule has 2 aromatic rings. The van der Waals surface area contributed by atoms with Crippen molar-refractivity contribution in [2.45, 2.75) is 38.8 Å². The topological polar surface area (TPSA) is 24.2 Å². The molecule has 2 heterocycles. The molecule has 0 aliphatic carbocycles. The molecule has 3 heteroatoms. The van der Waals surface area contributed by atoms with Gasteiger partial charge in [-0.15, -0.1) is 0 Å². The lowest BCUT2D eigenvalue weighted by molar-refractivity contribution is -0.697. The van der Waals surface area contributed by atoms with Gasteiger partial charge in [0.25, 0.3) is 0 Å². The summed E-state index contributed by atoms with van der Waals surface area (Å²) in [5.41, 5.74) is 3.89. The van der Waals surface area contributed by atoms with E-state index in [4.69, 9.17) is 0 Å². The van der Waals surface area contributed by atoms with Gasteiger partial charge in [-0.1, -0.05) is 29.8 Å². The predicted molar refractivity (Wildman–Crippen MR) is 86.3 cm³/mol. The fourth-order valence-corrected chi connectivity index (χ4v) is 3.09. The van der Waals surface area contributed by atoms with Gasteiger partial charge in [-0.3, -0.25) is 4.79 Å². The standard InChI is InChI=1S/C19H23N2O/c1-15-5-7-16(8-6-15)11-13-21-12-3-4-17(14-21)18-9-10-19(22)20(18)2/h3-8,12,14,18H,9-11,13H2,1-2H3/q+1/t18-/m0/s1. The minimum atomic E-state index is 0.235. The van der Waals surface area contributed by atoms with Crippen LogP contribution in [0.25, 0.3) is 0 Å². The second kappa shape index (κ2) is 6.30. The number of rotatable bonds is 4. The third-order valence-corrected chi connectivity index (χ3v) is 4.54. The number of nitrogens with zero attached hydrogens (tertiary/aromatic N) is 2. The quantitative estimate of drug-likeness (QED) is 0.796. The summed E-state index contributed by atoms with van der Waals surface area (Å²) in [6.07, 6.45) is 6.91. The SMILES string of the molecule is Cc1ccc(CC[n+]2cccc([C@@H]3CCC(=O)N3C)c2)cc1. The molecule has 1 aromatic heterocycles. The van der Waals surface area contributed by atoms with Crippen molar-refractivity contribution in [1.29, 1.82) is 0 Å². The van der Waals surface area contributed by atoms with Gasteiger partial charge >= 0.3 is 0 Å². The molecule has 0 spiro atoms. The highest BCUT2D eigenvalue weighted by molar-refractivity contribution is 5.78. The molecular formula is C19H23N2O+. The number of likely N-dealkylation sites (tertiary alicyclic amines) is 1. The first-order valence-corrected chi connectivity index (χ1v) is 7.94. The van der Waals surface area contributed by atoms with Crippen LogP contribution in [0.2, 0.25) is 0 Å². The molecule has 0 bridgehead atoms. The Hall–Kier alpha value is -2.16. The summed E-state index contributed by atoms with van der Waals surface area (Å²) in [5, 5.41) is 0. The Morgan fingerprint density at radius 2 is 2.00 bits per heavy atom.